The van der Waals surface area contributed by atoms with Gasteiger partial charge in [-0.1, -0.05) is 26.7 Å². The molecular formula is C16H31NO2S. The zero-order valence-corrected chi connectivity index (χ0v) is 14.3. The fraction of sp³-hybridized carbons (Fsp3) is 1.00. The van der Waals surface area contributed by atoms with Gasteiger partial charge in [-0.25, -0.2) is 8.42 Å². The number of sulfone groups is 1. The van der Waals surface area contributed by atoms with Crippen molar-refractivity contribution in [3.63, 3.8) is 0 Å². The SMILES string of the molecule is CNC(C1CCCC(S(C)(=O)=O)C1)C1CCCC1(C)C. The maximum absolute atomic E-state index is 11.9. The Morgan fingerprint density at radius 3 is 2.35 bits per heavy atom. The molecule has 0 aromatic heterocycles. The molecule has 4 unspecified atom stereocenters. The van der Waals surface area contributed by atoms with Crippen LogP contribution in [0.4, 0.5) is 0 Å². The first-order valence-electron chi connectivity index (χ1n) is 8.12. The van der Waals surface area contributed by atoms with Crippen molar-refractivity contribution in [2.45, 2.75) is 70.1 Å². The lowest BCUT2D eigenvalue weighted by molar-refractivity contribution is 0.138. The summed E-state index contributed by atoms with van der Waals surface area (Å²) in [6.07, 6.45) is 9.29. The first kappa shape index (κ1) is 16.3. The summed E-state index contributed by atoms with van der Waals surface area (Å²) in [5, 5.41) is 3.44. The number of rotatable bonds is 4. The molecule has 3 nitrogen and oxygen atoms in total. The van der Waals surface area contributed by atoms with Gasteiger partial charge in [0.15, 0.2) is 0 Å². The van der Waals surface area contributed by atoms with Crippen molar-refractivity contribution < 1.29 is 8.42 Å². The maximum Gasteiger partial charge on any atom is 0.150 e. The smallest absolute Gasteiger partial charge is 0.150 e. The zero-order valence-electron chi connectivity index (χ0n) is 13.5. The van der Waals surface area contributed by atoms with Crippen molar-refractivity contribution in [2.75, 3.05) is 13.3 Å². The normalized spacial score (nSPS) is 35.9. The topological polar surface area (TPSA) is 46.2 Å². The van der Waals surface area contributed by atoms with E-state index >= 15 is 0 Å². The van der Waals surface area contributed by atoms with Crippen LogP contribution in [0, 0.1) is 17.3 Å². The molecule has 0 saturated heterocycles. The minimum absolute atomic E-state index is 0.110. The van der Waals surface area contributed by atoms with Crippen molar-refractivity contribution in [1.82, 2.24) is 5.32 Å². The molecule has 2 aliphatic carbocycles. The fourth-order valence-electron chi connectivity index (χ4n) is 4.68. The van der Waals surface area contributed by atoms with Gasteiger partial charge >= 0.3 is 0 Å². The molecule has 2 rings (SSSR count). The van der Waals surface area contributed by atoms with E-state index < -0.39 is 9.84 Å². The number of nitrogens with one attached hydrogen (secondary N) is 1. The predicted molar refractivity (Wildman–Crippen MR) is 84.6 cm³/mol. The van der Waals surface area contributed by atoms with Crippen molar-refractivity contribution in [1.29, 1.82) is 0 Å². The van der Waals surface area contributed by atoms with E-state index in [2.05, 4.69) is 26.2 Å². The van der Waals surface area contributed by atoms with E-state index in [0.29, 0.717) is 23.3 Å². The first-order chi connectivity index (χ1) is 9.25. The summed E-state index contributed by atoms with van der Waals surface area (Å²) in [6.45, 7) is 4.76. The van der Waals surface area contributed by atoms with Crippen LogP contribution < -0.4 is 5.32 Å². The average molecular weight is 301 g/mol. The first-order valence-corrected chi connectivity index (χ1v) is 10.1. The van der Waals surface area contributed by atoms with Gasteiger partial charge in [0.1, 0.15) is 9.84 Å². The molecule has 0 radical (unpaired) electrons. The van der Waals surface area contributed by atoms with Crippen LogP contribution >= 0.6 is 0 Å². The lowest BCUT2D eigenvalue weighted by atomic mass is 9.70. The van der Waals surface area contributed by atoms with Crippen LogP contribution in [-0.4, -0.2) is 33.0 Å². The van der Waals surface area contributed by atoms with Crippen LogP contribution in [0.2, 0.25) is 0 Å². The largest absolute Gasteiger partial charge is 0.316 e. The molecule has 0 heterocycles. The summed E-state index contributed by atoms with van der Waals surface area (Å²) in [7, 11) is -0.822. The molecule has 0 spiro atoms. The predicted octanol–water partition coefficient (Wildman–Crippen LogP) is 3.00. The summed E-state index contributed by atoms with van der Waals surface area (Å²) in [5.41, 5.74) is 0.395. The Kier molecular flexibility index (Phi) is 4.85. The van der Waals surface area contributed by atoms with Crippen LogP contribution in [0.1, 0.15) is 58.8 Å². The van der Waals surface area contributed by atoms with Crippen LogP contribution in [0.3, 0.4) is 0 Å². The minimum atomic E-state index is -2.88. The standard InChI is InChI=1S/C16H31NO2S/c1-16(2)10-6-9-14(16)15(17-3)12-7-5-8-13(11-12)20(4,18)19/h12-15,17H,5-11H2,1-4H3. The molecule has 0 aliphatic heterocycles. The summed E-state index contributed by atoms with van der Waals surface area (Å²) in [4.78, 5) is 0. The highest BCUT2D eigenvalue weighted by atomic mass is 32.2. The summed E-state index contributed by atoms with van der Waals surface area (Å²) in [5.74, 6) is 1.21. The molecule has 2 fully saturated rings. The van der Waals surface area contributed by atoms with E-state index in [1.807, 2.05) is 0 Å². The van der Waals surface area contributed by atoms with Gasteiger partial charge in [-0.05, 0) is 56.4 Å². The van der Waals surface area contributed by atoms with Gasteiger partial charge in [0.2, 0.25) is 0 Å². The lowest BCUT2D eigenvalue weighted by Crippen LogP contribution is -2.47. The molecule has 4 heteroatoms. The molecule has 0 aromatic carbocycles. The van der Waals surface area contributed by atoms with Gasteiger partial charge in [0.25, 0.3) is 0 Å². The monoisotopic (exact) mass is 301 g/mol. The quantitative estimate of drug-likeness (QED) is 0.868. The van der Waals surface area contributed by atoms with Crippen molar-refractivity contribution >= 4 is 9.84 Å². The minimum Gasteiger partial charge on any atom is -0.316 e. The van der Waals surface area contributed by atoms with E-state index in [0.717, 1.165) is 19.3 Å². The molecule has 4 atom stereocenters. The zero-order chi connectivity index (χ0) is 15.0. The Bertz CT molecular complexity index is 430. The Morgan fingerprint density at radius 1 is 1.15 bits per heavy atom. The Hall–Kier alpha value is -0.0900. The van der Waals surface area contributed by atoms with Gasteiger partial charge in [0.05, 0.1) is 5.25 Å². The van der Waals surface area contributed by atoms with Gasteiger partial charge in [0, 0.05) is 12.3 Å². The average Bonchev–Trinajstić information content (AvgIpc) is 2.70. The van der Waals surface area contributed by atoms with Crippen LogP contribution in [0.15, 0.2) is 0 Å². The Labute approximate surface area is 124 Å². The van der Waals surface area contributed by atoms with Gasteiger partial charge in [-0.15, -0.1) is 0 Å². The van der Waals surface area contributed by atoms with E-state index in [9.17, 15) is 8.42 Å². The summed E-state index contributed by atoms with van der Waals surface area (Å²) >= 11 is 0. The molecule has 20 heavy (non-hydrogen) atoms. The van der Waals surface area contributed by atoms with Crippen molar-refractivity contribution in [3.05, 3.63) is 0 Å². The molecule has 118 valence electrons. The van der Waals surface area contributed by atoms with Gasteiger partial charge < -0.3 is 5.32 Å². The molecule has 2 saturated carbocycles. The third-order valence-electron chi connectivity index (χ3n) is 5.89. The van der Waals surface area contributed by atoms with Crippen LogP contribution in [0.25, 0.3) is 0 Å². The third kappa shape index (κ3) is 3.38. The molecule has 0 amide bonds. The Morgan fingerprint density at radius 2 is 1.85 bits per heavy atom. The highest BCUT2D eigenvalue weighted by Gasteiger charge is 2.43. The highest BCUT2D eigenvalue weighted by Crippen LogP contribution is 2.47. The maximum atomic E-state index is 11.9. The van der Waals surface area contributed by atoms with Crippen LogP contribution in [-0.2, 0) is 9.84 Å². The molecule has 0 bridgehead atoms. The highest BCUT2D eigenvalue weighted by molar-refractivity contribution is 7.91. The van der Waals surface area contributed by atoms with Crippen LogP contribution in [0.5, 0.6) is 0 Å². The molecule has 2 aliphatic rings. The van der Waals surface area contributed by atoms with E-state index in [1.165, 1.54) is 31.9 Å². The molecule has 0 aromatic rings. The van der Waals surface area contributed by atoms with Crippen molar-refractivity contribution in [3.8, 4) is 0 Å². The second-order valence-electron chi connectivity index (χ2n) is 7.68. The fourth-order valence-corrected chi connectivity index (χ4v) is 5.87. The van der Waals surface area contributed by atoms with Crippen molar-refractivity contribution in [2.24, 2.45) is 17.3 Å². The molecule has 1 N–H and O–H groups in total. The third-order valence-corrected chi connectivity index (χ3v) is 7.53. The summed E-state index contributed by atoms with van der Waals surface area (Å²) in [6, 6.07) is 0.483. The second-order valence-corrected chi connectivity index (χ2v) is 10.0. The Balaban J connectivity index is 2.11. The number of hydrogen-bond acceptors (Lipinski definition) is 3. The van der Waals surface area contributed by atoms with Gasteiger partial charge in [-0.2, -0.15) is 0 Å². The second kappa shape index (κ2) is 5.96. The number of hydrogen-bond donors (Lipinski definition) is 1. The van der Waals surface area contributed by atoms with E-state index in [1.54, 1.807) is 0 Å². The van der Waals surface area contributed by atoms with Gasteiger partial charge in [-0.3, -0.25) is 0 Å². The van der Waals surface area contributed by atoms with E-state index in [-0.39, 0.29) is 5.25 Å². The van der Waals surface area contributed by atoms with E-state index in [4.69, 9.17) is 0 Å². The molecular weight excluding hydrogens is 270 g/mol. The lowest BCUT2D eigenvalue weighted by Gasteiger charge is -2.41. The summed E-state index contributed by atoms with van der Waals surface area (Å²) < 4.78 is 23.7.